The van der Waals surface area contributed by atoms with Crippen molar-refractivity contribution in [3.05, 3.63) is 0 Å². The minimum Gasteiger partial charge on any atom is -0.498 e. The number of piperazine rings is 1. The van der Waals surface area contributed by atoms with Crippen molar-refractivity contribution in [1.29, 1.82) is 0 Å². The predicted molar refractivity (Wildman–Crippen MR) is 52.6 cm³/mol. The Balaban J connectivity index is 3.08. The first kappa shape index (κ1) is 11.5. The van der Waals surface area contributed by atoms with Crippen LogP contribution in [0.25, 0.3) is 0 Å². The van der Waals surface area contributed by atoms with E-state index in [1.807, 2.05) is 27.7 Å². The van der Waals surface area contributed by atoms with Crippen LogP contribution in [-0.4, -0.2) is 41.8 Å². The molecule has 1 aliphatic heterocycles. The highest BCUT2D eigenvalue weighted by molar-refractivity contribution is 5.55. The SMILES string of the molecule is C[C@H]1CNCC[N+]1(C(=O)[O-])C(C)(C)C. The topological polar surface area (TPSA) is 52.2 Å². The van der Waals surface area contributed by atoms with Gasteiger partial charge < -0.3 is 15.2 Å². The van der Waals surface area contributed by atoms with Crippen LogP contribution in [0.4, 0.5) is 4.79 Å². The maximum Gasteiger partial charge on any atom is 0.258 e. The van der Waals surface area contributed by atoms with E-state index >= 15 is 0 Å². The molecule has 0 aromatic carbocycles. The molecule has 1 rings (SSSR count). The second kappa shape index (κ2) is 3.51. The van der Waals surface area contributed by atoms with Crippen LogP contribution in [0, 0.1) is 0 Å². The average Bonchev–Trinajstić information content (AvgIpc) is 2.02. The van der Waals surface area contributed by atoms with Crippen molar-refractivity contribution in [3.63, 3.8) is 0 Å². The number of carboxylic acid groups (broad SMARTS) is 1. The van der Waals surface area contributed by atoms with Crippen molar-refractivity contribution in [2.24, 2.45) is 0 Å². The Bertz CT molecular complexity index is 235. The van der Waals surface area contributed by atoms with Crippen molar-refractivity contribution in [1.82, 2.24) is 5.32 Å². The summed E-state index contributed by atoms with van der Waals surface area (Å²) in [6.45, 7) is 9.95. The van der Waals surface area contributed by atoms with Crippen molar-refractivity contribution in [2.45, 2.75) is 39.3 Å². The summed E-state index contributed by atoms with van der Waals surface area (Å²) in [5, 5.41) is 14.6. The fourth-order valence-corrected chi connectivity index (χ4v) is 2.48. The number of nitrogens with one attached hydrogen (secondary N) is 1. The Morgan fingerprint density at radius 1 is 1.50 bits per heavy atom. The van der Waals surface area contributed by atoms with Gasteiger partial charge in [-0.15, -0.1) is 0 Å². The molecule has 1 aliphatic rings. The molecule has 1 heterocycles. The molecule has 0 aliphatic carbocycles. The Morgan fingerprint density at radius 3 is 2.36 bits per heavy atom. The molecule has 1 saturated heterocycles. The summed E-state index contributed by atoms with van der Waals surface area (Å²) >= 11 is 0. The van der Waals surface area contributed by atoms with Crippen LogP contribution < -0.4 is 10.4 Å². The molecule has 82 valence electrons. The Hall–Kier alpha value is -0.610. The van der Waals surface area contributed by atoms with E-state index in [9.17, 15) is 9.90 Å². The van der Waals surface area contributed by atoms with Gasteiger partial charge in [0.1, 0.15) is 6.04 Å². The van der Waals surface area contributed by atoms with Crippen LogP contribution in [0.5, 0.6) is 0 Å². The number of rotatable bonds is 0. The quantitative estimate of drug-likeness (QED) is 0.557. The molecule has 1 amide bonds. The number of amides is 1. The number of hydrogen-bond donors (Lipinski definition) is 1. The third-order valence-corrected chi connectivity index (χ3v) is 3.36. The van der Waals surface area contributed by atoms with Gasteiger partial charge in [-0.2, -0.15) is 0 Å². The maximum atomic E-state index is 11.4. The summed E-state index contributed by atoms with van der Waals surface area (Å²) in [5.74, 6) is 0. The van der Waals surface area contributed by atoms with E-state index in [0.717, 1.165) is 13.1 Å². The van der Waals surface area contributed by atoms with Gasteiger partial charge in [0.2, 0.25) is 0 Å². The zero-order chi connectivity index (χ0) is 11.0. The second-order valence-electron chi connectivity index (χ2n) is 5.08. The number of carbonyl (C=O) groups is 1. The summed E-state index contributed by atoms with van der Waals surface area (Å²) in [4.78, 5) is 11.4. The number of carbonyl (C=O) groups excluding carboxylic acids is 1. The molecule has 0 saturated carbocycles. The van der Waals surface area contributed by atoms with Crippen LogP contribution >= 0.6 is 0 Å². The van der Waals surface area contributed by atoms with E-state index in [1.54, 1.807) is 0 Å². The molecule has 14 heavy (non-hydrogen) atoms. The van der Waals surface area contributed by atoms with Crippen molar-refractivity contribution in [2.75, 3.05) is 19.6 Å². The van der Waals surface area contributed by atoms with Crippen molar-refractivity contribution < 1.29 is 14.4 Å². The normalized spacial score (nSPS) is 34.1. The van der Waals surface area contributed by atoms with E-state index in [1.165, 1.54) is 0 Å². The number of quaternary nitrogens is 1. The summed E-state index contributed by atoms with van der Waals surface area (Å²) in [6.07, 6.45) is -0.952. The Labute approximate surface area is 85.5 Å². The summed E-state index contributed by atoms with van der Waals surface area (Å²) < 4.78 is 0.0556. The molecule has 0 spiro atoms. The van der Waals surface area contributed by atoms with Gasteiger partial charge in [-0.05, 0) is 27.7 Å². The molecular weight excluding hydrogens is 180 g/mol. The maximum absolute atomic E-state index is 11.4. The van der Waals surface area contributed by atoms with E-state index < -0.39 is 6.09 Å². The Morgan fingerprint density at radius 2 is 2.07 bits per heavy atom. The smallest absolute Gasteiger partial charge is 0.258 e. The van der Waals surface area contributed by atoms with Gasteiger partial charge in [0, 0.05) is 13.1 Å². The largest absolute Gasteiger partial charge is 0.498 e. The Kier molecular flexibility index (Phi) is 2.88. The van der Waals surface area contributed by atoms with E-state index in [0.29, 0.717) is 6.54 Å². The first-order chi connectivity index (χ1) is 6.32. The minimum absolute atomic E-state index is 0.0556. The molecule has 0 radical (unpaired) electrons. The van der Waals surface area contributed by atoms with E-state index in [-0.39, 0.29) is 16.1 Å². The van der Waals surface area contributed by atoms with Gasteiger partial charge in [-0.1, -0.05) is 0 Å². The molecule has 1 unspecified atom stereocenters. The summed E-state index contributed by atoms with van der Waals surface area (Å²) in [5.41, 5.74) is -0.305. The standard InChI is InChI=1S/C10H20N2O2/c1-8-7-11-5-6-12(8,9(13)14)10(2,3)4/h8,11H,5-7H2,1-4H3/t8-,12?/m0/s1. The second-order valence-corrected chi connectivity index (χ2v) is 5.08. The van der Waals surface area contributed by atoms with Gasteiger partial charge in [0.15, 0.2) is 0 Å². The van der Waals surface area contributed by atoms with Crippen LogP contribution in [0.3, 0.4) is 0 Å². The third-order valence-electron chi connectivity index (χ3n) is 3.36. The van der Waals surface area contributed by atoms with E-state index in [2.05, 4.69) is 5.32 Å². The molecule has 4 nitrogen and oxygen atoms in total. The summed E-state index contributed by atoms with van der Waals surface area (Å²) in [6, 6.07) is 0.0637. The van der Waals surface area contributed by atoms with Crippen molar-refractivity contribution >= 4 is 6.09 Å². The monoisotopic (exact) mass is 200 g/mol. The molecule has 1 N–H and O–H groups in total. The fraction of sp³-hybridized carbons (Fsp3) is 0.900. The molecule has 0 aromatic rings. The highest BCUT2D eigenvalue weighted by Crippen LogP contribution is 2.29. The van der Waals surface area contributed by atoms with Crippen molar-refractivity contribution in [3.8, 4) is 0 Å². The minimum atomic E-state index is -0.952. The molecule has 2 atom stereocenters. The van der Waals surface area contributed by atoms with Gasteiger partial charge in [0.25, 0.3) is 6.09 Å². The lowest BCUT2D eigenvalue weighted by atomic mass is 9.96. The molecule has 0 aromatic heterocycles. The first-order valence-electron chi connectivity index (χ1n) is 5.12. The lowest BCUT2D eigenvalue weighted by molar-refractivity contribution is -0.941. The van der Waals surface area contributed by atoms with Gasteiger partial charge in [-0.3, -0.25) is 4.48 Å². The number of nitrogens with zero attached hydrogens (tertiary/aromatic N) is 1. The lowest BCUT2D eigenvalue weighted by Gasteiger charge is -2.54. The molecular formula is C10H20N2O2. The molecule has 1 fully saturated rings. The van der Waals surface area contributed by atoms with Crippen LogP contribution in [0.15, 0.2) is 0 Å². The fourth-order valence-electron chi connectivity index (χ4n) is 2.48. The van der Waals surface area contributed by atoms with Gasteiger partial charge >= 0.3 is 0 Å². The molecule has 0 bridgehead atoms. The highest BCUT2D eigenvalue weighted by atomic mass is 16.4. The van der Waals surface area contributed by atoms with Crippen LogP contribution in [0.1, 0.15) is 27.7 Å². The van der Waals surface area contributed by atoms with Gasteiger partial charge in [0.05, 0.1) is 12.1 Å². The number of hydrogen-bond acceptors (Lipinski definition) is 3. The van der Waals surface area contributed by atoms with Crippen LogP contribution in [0.2, 0.25) is 0 Å². The highest BCUT2D eigenvalue weighted by Gasteiger charge is 2.48. The third kappa shape index (κ3) is 1.53. The lowest BCUT2D eigenvalue weighted by Crippen LogP contribution is -2.76. The summed E-state index contributed by atoms with van der Waals surface area (Å²) in [7, 11) is 0. The average molecular weight is 200 g/mol. The molecule has 4 heteroatoms. The predicted octanol–water partition coefficient (Wildman–Crippen LogP) is -0.0633. The van der Waals surface area contributed by atoms with Gasteiger partial charge in [-0.25, -0.2) is 0 Å². The zero-order valence-corrected chi connectivity index (χ0v) is 9.46. The zero-order valence-electron chi connectivity index (χ0n) is 9.46. The van der Waals surface area contributed by atoms with E-state index in [4.69, 9.17) is 0 Å². The van der Waals surface area contributed by atoms with Crippen LogP contribution in [-0.2, 0) is 0 Å². The first-order valence-corrected chi connectivity index (χ1v) is 5.12.